The normalized spacial score (nSPS) is 13.9. The van der Waals surface area contributed by atoms with Gasteiger partial charge in [0, 0.05) is 39.3 Å². The lowest BCUT2D eigenvalue weighted by molar-refractivity contribution is -0.149. The van der Waals surface area contributed by atoms with E-state index in [1.54, 1.807) is 53.4 Å². The van der Waals surface area contributed by atoms with Gasteiger partial charge >= 0.3 is 0 Å². The van der Waals surface area contributed by atoms with E-state index in [0.717, 1.165) is 0 Å². The molecular formula is C22H24FN5O5. The first kappa shape index (κ1) is 23.6. The minimum Gasteiger partial charge on any atom is -0.483 e. The summed E-state index contributed by atoms with van der Waals surface area (Å²) in [4.78, 5) is 44.4. The second-order valence-electron chi connectivity index (χ2n) is 7.72. The van der Waals surface area contributed by atoms with E-state index in [1.807, 2.05) is 0 Å². The summed E-state index contributed by atoms with van der Waals surface area (Å²) in [6.45, 7) is 0.594. The number of nitrogens with zero attached hydrogens (tertiary/aromatic N) is 4. The van der Waals surface area contributed by atoms with Gasteiger partial charge in [-0.25, -0.2) is 4.39 Å². The molecule has 2 aromatic heterocycles. The maximum atomic E-state index is 14.3. The second kappa shape index (κ2) is 10.5. The molecule has 1 saturated heterocycles. The molecular weight excluding hydrogens is 433 g/mol. The second-order valence-corrected chi connectivity index (χ2v) is 7.72. The first-order valence-electron chi connectivity index (χ1n) is 10.1. The van der Waals surface area contributed by atoms with Crippen LogP contribution >= 0.6 is 0 Å². The van der Waals surface area contributed by atoms with Gasteiger partial charge in [0.2, 0.25) is 12.3 Å². The largest absolute Gasteiger partial charge is 0.483 e. The van der Waals surface area contributed by atoms with Crippen molar-refractivity contribution >= 4 is 18.3 Å². The number of likely N-dealkylation sites (tertiary alicyclic amines) is 1. The number of halogens is 1. The molecule has 10 nitrogen and oxygen atoms in total. The van der Waals surface area contributed by atoms with Crippen molar-refractivity contribution in [1.82, 2.24) is 24.9 Å². The van der Waals surface area contributed by atoms with Gasteiger partial charge in [0.05, 0.1) is 5.41 Å². The van der Waals surface area contributed by atoms with E-state index in [0.29, 0.717) is 30.0 Å². The number of hydrogen-bond acceptors (Lipinski definition) is 6. The van der Waals surface area contributed by atoms with Crippen LogP contribution < -0.4 is 0 Å². The molecule has 1 aromatic carbocycles. The number of carbonyl (C=O) groups is 3. The Morgan fingerprint density at radius 2 is 2.03 bits per heavy atom. The molecule has 2 N–H and O–H groups in total. The molecule has 0 saturated carbocycles. The number of carboxylic acid groups (broad SMARTS) is 1. The number of benzene rings is 1. The van der Waals surface area contributed by atoms with Gasteiger partial charge < -0.3 is 24.4 Å². The van der Waals surface area contributed by atoms with Gasteiger partial charge in [0.25, 0.3) is 12.4 Å². The first-order valence-corrected chi connectivity index (χ1v) is 10.1. The molecule has 2 amide bonds. The van der Waals surface area contributed by atoms with E-state index in [-0.39, 0.29) is 43.6 Å². The van der Waals surface area contributed by atoms with Crippen LogP contribution in [0.2, 0.25) is 0 Å². The number of aromatic nitrogens is 3. The number of likely N-dealkylation sites (N-methyl/N-ethyl adjacent to an activating group) is 1. The van der Waals surface area contributed by atoms with Gasteiger partial charge in [-0.15, -0.1) is 0 Å². The number of H-pyrrole nitrogens is 1. The van der Waals surface area contributed by atoms with Crippen LogP contribution in [0, 0.1) is 11.2 Å². The van der Waals surface area contributed by atoms with Crippen molar-refractivity contribution in [3.63, 3.8) is 0 Å². The van der Waals surface area contributed by atoms with Crippen molar-refractivity contribution in [2.45, 2.75) is 12.8 Å². The molecule has 4 rings (SSSR count). The zero-order valence-electron chi connectivity index (χ0n) is 18.0. The lowest BCUT2D eigenvalue weighted by Gasteiger charge is -2.50. The summed E-state index contributed by atoms with van der Waals surface area (Å²) >= 11 is 0. The summed E-state index contributed by atoms with van der Waals surface area (Å²) in [6.07, 6.45) is 3.59. The van der Waals surface area contributed by atoms with E-state index in [4.69, 9.17) is 14.4 Å². The molecule has 0 atom stereocenters. The predicted octanol–water partition coefficient (Wildman–Crippen LogP) is 1.62. The Hall–Kier alpha value is -4.02. The molecule has 3 heterocycles. The highest BCUT2D eigenvalue weighted by atomic mass is 19.1. The van der Waals surface area contributed by atoms with E-state index in [9.17, 15) is 14.0 Å². The fraction of sp³-hybridized carbons (Fsp3) is 0.318. The molecule has 0 spiro atoms. The van der Waals surface area contributed by atoms with Gasteiger partial charge in [0.1, 0.15) is 11.5 Å². The number of nitrogens with one attached hydrogen (secondary N) is 1. The Morgan fingerprint density at radius 1 is 1.30 bits per heavy atom. The Labute approximate surface area is 189 Å². The van der Waals surface area contributed by atoms with Crippen molar-refractivity contribution in [2.24, 2.45) is 5.41 Å². The molecule has 33 heavy (non-hydrogen) atoms. The van der Waals surface area contributed by atoms with E-state index in [2.05, 4.69) is 15.1 Å². The number of rotatable bonds is 7. The SMILES string of the molecule is CN(CCc1ncon1)C(=O)C1(Cc2ccccc2F)CN(C(=O)c2ccc[nH]2)C1.O=CO. The fourth-order valence-corrected chi connectivity index (χ4v) is 3.87. The van der Waals surface area contributed by atoms with Crippen LogP contribution in [0.1, 0.15) is 21.9 Å². The highest BCUT2D eigenvalue weighted by molar-refractivity contribution is 5.95. The molecule has 0 radical (unpaired) electrons. The van der Waals surface area contributed by atoms with Gasteiger partial charge in [-0.1, -0.05) is 23.4 Å². The average molecular weight is 457 g/mol. The quantitative estimate of drug-likeness (QED) is 0.515. The van der Waals surface area contributed by atoms with Crippen LogP contribution in [0.4, 0.5) is 4.39 Å². The van der Waals surface area contributed by atoms with Crippen molar-refractivity contribution in [1.29, 1.82) is 0 Å². The van der Waals surface area contributed by atoms with Crippen molar-refractivity contribution in [2.75, 3.05) is 26.7 Å². The first-order chi connectivity index (χ1) is 15.9. The van der Waals surface area contributed by atoms with Crippen LogP contribution in [0.15, 0.2) is 53.5 Å². The number of hydrogen-bond donors (Lipinski definition) is 2. The summed E-state index contributed by atoms with van der Waals surface area (Å²) in [7, 11) is 1.70. The molecule has 0 unspecified atom stereocenters. The van der Waals surface area contributed by atoms with Crippen molar-refractivity contribution < 1.29 is 28.4 Å². The molecule has 0 bridgehead atoms. The summed E-state index contributed by atoms with van der Waals surface area (Å²) in [6, 6.07) is 9.87. The minimum absolute atomic E-state index is 0.134. The van der Waals surface area contributed by atoms with Crippen molar-refractivity contribution in [3.8, 4) is 0 Å². The molecule has 174 valence electrons. The smallest absolute Gasteiger partial charge is 0.290 e. The van der Waals surface area contributed by atoms with E-state index < -0.39 is 5.41 Å². The maximum Gasteiger partial charge on any atom is 0.290 e. The summed E-state index contributed by atoms with van der Waals surface area (Å²) in [5.41, 5.74) is 0.0491. The highest BCUT2D eigenvalue weighted by Gasteiger charge is 2.52. The zero-order chi connectivity index (χ0) is 23.8. The third-order valence-electron chi connectivity index (χ3n) is 5.47. The van der Waals surface area contributed by atoms with Crippen LogP contribution in [0.5, 0.6) is 0 Å². The molecule has 1 fully saturated rings. The summed E-state index contributed by atoms with van der Waals surface area (Å²) in [5.74, 6) is -0.153. The summed E-state index contributed by atoms with van der Waals surface area (Å²) in [5, 5.41) is 10.6. The fourth-order valence-electron chi connectivity index (χ4n) is 3.87. The lowest BCUT2D eigenvalue weighted by Crippen LogP contribution is -2.65. The third-order valence-corrected chi connectivity index (χ3v) is 5.47. The predicted molar refractivity (Wildman–Crippen MR) is 114 cm³/mol. The topological polar surface area (TPSA) is 133 Å². The highest BCUT2D eigenvalue weighted by Crippen LogP contribution is 2.37. The van der Waals surface area contributed by atoms with E-state index >= 15 is 0 Å². The molecule has 11 heteroatoms. The van der Waals surface area contributed by atoms with Gasteiger partial charge in [-0.2, -0.15) is 4.98 Å². The van der Waals surface area contributed by atoms with Crippen LogP contribution in [-0.2, 0) is 22.4 Å². The number of aromatic amines is 1. The Morgan fingerprint density at radius 3 is 2.64 bits per heavy atom. The molecule has 0 aliphatic carbocycles. The Kier molecular flexibility index (Phi) is 7.54. The van der Waals surface area contributed by atoms with Crippen molar-refractivity contribution in [3.05, 3.63) is 71.9 Å². The lowest BCUT2D eigenvalue weighted by atomic mass is 9.73. The zero-order valence-corrected chi connectivity index (χ0v) is 18.0. The van der Waals surface area contributed by atoms with Gasteiger partial charge in [0.15, 0.2) is 5.82 Å². The molecule has 1 aliphatic heterocycles. The summed E-state index contributed by atoms with van der Waals surface area (Å²) < 4.78 is 19.0. The monoisotopic (exact) mass is 457 g/mol. The van der Waals surface area contributed by atoms with Gasteiger partial charge in [-0.05, 0) is 30.2 Å². The maximum absolute atomic E-state index is 14.3. The number of carbonyl (C=O) groups excluding carboxylic acids is 2. The average Bonchev–Trinajstić information content (AvgIpc) is 3.49. The third kappa shape index (κ3) is 5.43. The standard InChI is InChI=1S/C21H22FN5O3.CH2O2/c1-26(10-8-18-24-14-30-25-18)20(29)21(11-15-5-2-3-6-16(15)22)12-27(13-21)19(28)17-7-4-9-23-17;2-1-3/h2-7,9,14,23H,8,10-13H2,1H3;1H,(H,2,3). The van der Waals surface area contributed by atoms with Crippen LogP contribution in [0.25, 0.3) is 0 Å². The minimum atomic E-state index is -0.879. The molecule has 1 aliphatic rings. The van der Waals surface area contributed by atoms with Crippen LogP contribution in [-0.4, -0.2) is 75.0 Å². The number of amides is 2. The Balaban J connectivity index is 0.000000968. The van der Waals surface area contributed by atoms with Crippen LogP contribution in [0.3, 0.4) is 0 Å². The molecule has 3 aromatic rings. The van der Waals surface area contributed by atoms with E-state index in [1.165, 1.54) is 12.5 Å². The van der Waals surface area contributed by atoms with Gasteiger partial charge in [-0.3, -0.25) is 14.4 Å². The Bertz CT molecular complexity index is 1060.